The van der Waals surface area contributed by atoms with Gasteiger partial charge in [-0.2, -0.15) is 0 Å². The highest BCUT2D eigenvalue weighted by Crippen LogP contribution is 2.43. The van der Waals surface area contributed by atoms with Crippen molar-refractivity contribution < 1.29 is 24.2 Å². The number of nitrogens with zero attached hydrogens (tertiary/aromatic N) is 1. The molecular formula is C30H39N3O5. The molecule has 8 nitrogen and oxygen atoms in total. The molecule has 4 rings (SSSR count). The number of aliphatic hydroxyl groups excluding tert-OH is 1. The number of anilines is 2. The molecule has 38 heavy (non-hydrogen) atoms. The summed E-state index contributed by atoms with van der Waals surface area (Å²) in [5.41, 5.74) is 1.01. The Kier molecular flexibility index (Phi) is 8.41. The molecule has 0 radical (unpaired) electrons. The second-order valence-electron chi connectivity index (χ2n) is 11.1. The van der Waals surface area contributed by atoms with E-state index in [0.29, 0.717) is 28.8 Å². The van der Waals surface area contributed by atoms with Crippen LogP contribution in [0.25, 0.3) is 0 Å². The maximum Gasteiger partial charge on any atom is 0.320 e. The molecule has 1 heterocycles. The van der Waals surface area contributed by atoms with Crippen molar-refractivity contribution in [2.75, 3.05) is 23.4 Å². The lowest BCUT2D eigenvalue weighted by atomic mass is 9.75. The lowest BCUT2D eigenvalue weighted by molar-refractivity contribution is -0.159. The average molecular weight is 522 g/mol. The maximum atomic E-state index is 13.9. The first kappa shape index (κ1) is 27.6. The van der Waals surface area contributed by atoms with E-state index >= 15 is 0 Å². The van der Waals surface area contributed by atoms with Crippen LogP contribution in [0.3, 0.4) is 0 Å². The van der Waals surface area contributed by atoms with E-state index in [0.717, 1.165) is 24.8 Å². The third-order valence-corrected chi connectivity index (χ3v) is 7.88. The van der Waals surface area contributed by atoms with Crippen molar-refractivity contribution in [1.82, 2.24) is 5.32 Å². The summed E-state index contributed by atoms with van der Waals surface area (Å²) >= 11 is 0. The van der Waals surface area contributed by atoms with Crippen LogP contribution in [0.4, 0.5) is 16.2 Å². The summed E-state index contributed by atoms with van der Waals surface area (Å²) in [6.07, 6.45) is 2.30. The van der Waals surface area contributed by atoms with Gasteiger partial charge in [0.2, 0.25) is 0 Å². The molecule has 4 atom stereocenters. The molecule has 3 amide bonds. The molecule has 2 aromatic rings. The van der Waals surface area contributed by atoms with Gasteiger partial charge in [0.25, 0.3) is 5.91 Å². The number of rotatable bonds is 8. The predicted molar refractivity (Wildman–Crippen MR) is 147 cm³/mol. The lowest BCUT2D eigenvalue weighted by Crippen LogP contribution is -2.56. The van der Waals surface area contributed by atoms with Gasteiger partial charge in [-0.25, -0.2) is 4.79 Å². The van der Waals surface area contributed by atoms with Crippen LogP contribution in [-0.4, -0.2) is 42.3 Å². The number of para-hydroxylation sites is 1. The Morgan fingerprint density at radius 3 is 2.53 bits per heavy atom. The van der Waals surface area contributed by atoms with E-state index in [1.54, 1.807) is 36.4 Å². The highest BCUT2D eigenvalue weighted by molar-refractivity contribution is 6.11. The van der Waals surface area contributed by atoms with Gasteiger partial charge < -0.3 is 25.4 Å². The molecule has 2 aromatic carbocycles. The van der Waals surface area contributed by atoms with E-state index in [1.807, 2.05) is 19.1 Å². The fourth-order valence-corrected chi connectivity index (χ4v) is 5.85. The SMILES string of the molecule is Cc1ccc(NC(=O)N[C@@]2(CC(=O)O[C@@H]3C[C@H](C)CC[C@H]3C(C)C)C(=O)N(CCO)c3ccccc32)cc1. The van der Waals surface area contributed by atoms with Gasteiger partial charge in [-0.05, 0) is 55.7 Å². The Hall–Kier alpha value is -3.39. The van der Waals surface area contributed by atoms with Gasteiger partial charge in [0, 0.05) is 23.5 Å². The number of carbonyl (C=O) groups excluding carboxylic acids is 3. The van der Waals surface area contributed by atoms with Gasteiger partial charge in [-0.15, -0.1) is 0 Å². The highest BCUT2D eigenvalue weighted by Gasteiger charge is 2.54. The normalized spacial score (nSPS) is 24.7. The quantitative estimate of drug-likeness (QED) is 0.435. The summed E-state index contributed by atoms with van der Waals surface area (Å²) in [6.45, 7) is 8.19. The summed E-state index contributed by atoms with van der Waals surface area (Å²) in [7, 11) is 0. The number of fused-ring (bicyclic) bond motifs is 1. The summed E-state index contributed by atoms with van der Waals surface area (Å²) in [5, 5.41) is 15.3. The fourth-order valence-electron chi connectivity index (χ4n) is 5.85. The lowest BCUT2D eigenvalue weighted by Gasteiger charge is -2.37. The number of urea groups is 1. The maximum absolute atomic E-state index is 13.9. The zero-order chi connectivity index (χ0) is 27.4. The molecule has 1 saturated carbocycles. The van der Waals surface area contributed by atoms with Gasteiger partial charge >= 0.3 is 12.0 Å². The molecule has 1 aliphatic heterocycles. The van der Waals surface area contributed by atoms with E-state index in [4.69, 9.17) is 4.74 Å². The molecule has 0 spiro atoms. The Morgan fingerprint density at radius 2 is 1.84 bits per heavy atom. The van der Waals surface area contributed by atoms with Crippen LogP contribution >= 0.6 is 0 Å². The number of aryl methyl sites for hydroxylation is 1. The van der Waals surface area contributed by atoms with Crippen molar-refractivity contribution in [2.45, 2.75) is 65.0 Å². The van der Waals surface area contributed by atoms with Crippen LogP contribution in [0.1, 0.15) is 57.6 Å². The highest BCUT2D eigenvalue weighted by atomic mass is 16.5. The van der Waals surface area contributed by atoms with Crippen LogP contribution in [-0.2, 0) is 19.9 Å². The largest absolute Gasteiger partial charge is 0.462 e. The molecule has 0 aromatic heterocycles. The number of hydrogen-bond acceptors (Lipinski definition) is 5. The number of esters is 1. The summed E-state index contributed by atoms with van der Waals surface area (Å²) < 4.78 is 6.06. The summed E-state index contributed by atoms with van der Waals surface area (Å²) in [4.78, 5) is 42.1. The smallest absolute Gasteiger partial charge is 0.320 e. The number of hydrogen-bond donors (Lipinski definition) is 3. The minimum absolute atomic E-state index is 0.0451. The number of amides is 3. The summed E-state index contributed by atoms with van der Waals surface area (Å²) in [5.74, 6) is 0.0625. The molecule has 8 heteroatoms. The molecule has 1 aliphatic carbocycles. The molecule has 0 saturated heterocycles. The standard InChI is InChI=1S/C30H39N3O5/c1-19(2)23-14-11-21(4)17-26(23)38-27(35)18-30(32-29(37)31-22-12-9-20(3)10-13-22)24-7-5-6-8-25(24)33(15-16-34)28(30)36/h5-10,12-13,19,21,23,26,34H,11,14-18H2,1-4H3,(H2,31,32,37)/t21-,23+,26-,30-/m1/s1. The fraction of sp³-hybridized carbons (Fsp3) is 0.500. The van der Waals surface area contributed by atoms with E-state index in [9.17, 15) is 19.5 Å². The number of nitrogens with one attached hydrogen (secondary N) is 2. The zero-order valence-electron chi connectivity index (χ0n) is 22.7. The van der Waals surface area contributed by atoms with Crippen molar-refractivity contribution in [2.24, 2.45) is 17.8 Å². The molecule has 2 aliphatic rings. The molecule has 0 bridgehead atoms. The van der Waals surface area contributed by atoms with Crippen LogP contribution in [0.5, 0.6) is 0 Å². The third-order valence-electron chi connectivity index (χ3n) is 7.88. The van der Waals surface area contributed by atoms with E-state index in [2.05, 4.69) is 31.4 Å². The second-order valence-corrected chi connectivity index (χ2v) is 11.1. The second kappa shape index (κ2) is 11.6. The van der Waals surface area contributed by atoms with Crippen molar-refractivity contribution in [3.63, 3.8) is 0 Å². The Labute approximate surface area is 224 Å². The third kappa shape index (κ3) is 5.70. The Bertz CT molecular complexity index is 1160. The average Bonchev–Trinajstić information content (AvgIpc) is 3.08. The van der Waals surface area contributed by atoms with Crippen molar-refractivity contribution >= 4 is 29.3 Å². The minimum Gasteiger partial charge on any atom is -0.462 e. The first-order valence-electron chi connectivity index (χ1n) is 13.5. The zero-order valence-corrected chi connectivity index (χ0v) is 22.7. The molecular weight excluding hydrogens is 482 g/mol. The summed E-state index contributed by atoms with van der Waals surface area (Å²) in [6, 6.07) is 13.7. The monoisotopic (exact) mass is 521 g/mol. The van der Waals surface area contributed by atoms with Crippen LogP contribution < -0.4 is 15.5 Å². The van der Waals surface area contributed by atoms with Gasteiger partial charge in [0.15, 0.2) is 5.54 Å². The predicted octanol–water partition coefficient (Wildman–Crippen LogP) is 4.75. The van der Waals surface area contributed by atoms with Crippen molar-refractivity contribution in [1.29, 1.82) is 0 Å². The number of carbonyl (C=O) groups is 3. The van der Waals surface area contributed by atoms with E-state index in [-0.39, 0.29) is 31.6 Å². The van der Waals surface area contributed by atoms with Crippen LogP contribution in [0, 0.1) is 24.7 Å². The first-order valence-corrected chi connectivity index (χ1v) is 13.5. The first-order chi connectivity index (χ1) is 18.1. The molecule has 1 fully saturated rings. The molecule has 204 valence electrons. The number of benzene rings is 2. The van der Waals surface area contributed by atoms with Gasteiger partial charge in [-0.3, -0.25) is 9.59 Å². The number of β-amino-alcohol motifs (C(OH)–C–C–N with tert-alkyl or cyclic N) is 1. The van der Waals surface area contributed by atoms with Gasteiger partial charge in [-0.1, -0.05) is 63.1 Å². The number of ether oxygens (including phenoxy) is 1. The van der Waals surface area contributed by atoms with Crippen molar-refractivity contribution in [3.05, 3.63) is 59.7 Å². The molecule has 3 N–H and O–H groups in total. The van der Waals surface area contributed by atoms with E-state index < -0.39 is 23.4 Å². The minimum atomic E-state index is -1.66. The molecule has 0 unspecified atom stereocenters. The topological polar surface area (TPSA) is 108 Å². The van der Waals surface area contributed by atoms with Gasteiger partial charge in [0.05, 0.1) is 13.0 Å². The van der Waals surface area contributed by atoms with E-state index in [1.165, 1.54) is 4.90 Å². The van der Waals surface area contributed by atoms with Crippen molar-refractivity contribution in [3.8, 4) is 0 Å². The Balaban J connectivity index is 1.64. The number of aliphatic hydroxyl groups is 1. The van der Waals surface area contributed by atoms with Gasteiger partial charge in [0.1, 0.15) is 6.10 Å². The Morgan fingerprint density at radius 1 is 1.13 bits per heavy atom. The van der Waals surface area contributed by atoms with Crippen LogP contribution in [0.2, 0.25) is 0 Å². The van der Waals surface area contributed by atoms with Crippen LogP contribution in [0.15, 0.2) is 48.5 Å².